The molecule has 0 aliphatic rings. The number of nitrogens with one attached hydrogen (secondary N) is 1. The molecule has 1 heterocycles. The van der Waals surface area contributed by atoms with Crippen LogP contribution in [0.5, 0.6) is 0 Å². The molecule has 88 valence electrons. The molecule has 1 atom stereocenters. The number of rotatable bonds is 4. The van der Waals surface area contributed by atoms with Gasteiger partial charge in [0.2, 0.25) is 0 Å². The second kappa shape index (κ2) is 5.12. The first kappa shape index (κ1) is 12.7. The minimum atomic E-state index is -0.914. The van der Waals surface area contributed by atoms with Crippen molar-refractivity contribution in [3.63, 3.8) is 0 Å². The molecule has 1 rings (SSSR count). The molecule has 0 saturated carbocycles. The van der Waals surface area contributed by atoms with E-state index in [1.807, 2.05) is 13.8 Å². The highest BCUT2D eigenvalue weighted by molar-refractivity contribution is 6.29. The van der Waals surface area contributed by atoms with Crippen molar-refractivity contribution in [2.45, 2.75) is 26.8 Å². The first-order valence-corrected chi connectivity index (χ1v) is 5.28. The van der Waals surface area contributed by atoms with E-state index < -0.39 is 12.0 Å². The molecule has 16 heavy (non-hydrogen) atoms. The molecule has 0 aliphatic carbocycles. The topological polar surface area (TPSA) is 75.1 Å². The van der Waals surface area contributed by atoms with Crippen molar-refractivity contribution in [3.8, 4) is 0 Å². The fraction of sp³-hybridized carbons (Fsp3) is 0.500. The maximum Gasteiger partial charge on any atom is 0.326 e. The van der Waals surface area contributed by atoms with Crippen LogP contribution in [0, 0.1) is 12.8 Å². The Morgan fingerprint density at radius 3 is 2.56 bits per heavy atom. The summed E-state index contributed by atoms with van der Waals surface area (Å²) >= 11 is 5.75. The summed E-state index contributed by atoms with van der Waals surface area (Å²) in [4.78, 5) is 18.9. The van der Waals surface area contributed by atoms with E-state index in [9.17, 15) is 4.79 Å². The first-order valence-electron chi connectivity index (χ1n) is 4.90. The van der Waals surface area contributed by atoms with Crippen LogP contribution in [0.4, 0.5) is 5.82 Å². The Kier molecular flexibility index (Phi) is 4.06. The lowest BCUT2D eigenvalue weighted by atomic mass is 10.1. The van der Waals surface area contributed by atoms with Gasteiger partial charge in [0.15, 0.2) is 0 Å². The molecule has 5 nitrogen and oxygen atoms in total. The number of carboxylic acids is 1. The number of nitrogens with zero attached hydrogens (tertiary/aromatic N) is 2. The third kappa shape index (κ3) is 3.34. The molecule has 0 bridgehead atoms. The van der Waals surface area contributed by atoms with Gasteiger partial charge in [-0.15, -0.1) is 0 Å². The molecule has 0 unspecified atom stereocenters. The second-order valence-corrected chi connectivity index (χ2v) is 4.21. The summed E-state index contributed by atoms with van der Waals surface area (Å²) in [6, 6.07) is 0.817. The van der Waals surface area contributed by atoms with Crippen molar-refractivity contribution in [1.82, 2.24) is 9.97 Å². The Hall–Kier alpha value is -1.36. The van der Waals surface area contributed by atoms with E-state index in [1.54, 1.807) is 6.92 Å². The van der Waals surface area contributed by atoms with E-state index in [0.29, 0.717) is 16.8 Å². The normalized spacial score (nSPS) is 12.6. The van der Waals surface area contributed by atoms with Crippen molar-refractivity contribution in [3.05, 3.63) is 17.0 Å². The third-order valence-corrected chi connectivity index (χ3v) is 2.24. The van der Waals surface area contributed by atoms with Crippen molar-refractivity contribution < 1.29 is 9.90 Å². The number of aromatic nitrogens is 2. The highest BCUT2D eigenvalue weighted by Crippen LogP contribution is 2.14. The molecule has 0 radical (unpaired) electrons. The zero-order valence-corrected chi connectivity index (χ0v) is 10.1. The highest BCUT2D eigenvalue weighted by atomic mass is 35.5. The van der Waals surface area contributed by atoms with Gasteiger partial charge in [0, 0.05) is 6.07 Å². The summed E-state index contributed by atoms with van der Waals surface area (Å²) in [6.45, 7) is 5.34. The second-order valence-electron chi connectivity index (χ2n) is 3.83. The Morgan fingerprint density at radius 2 is 2.12 bits per heavy atom. The average molecular weight is 244 g/mol. The Labute approximate surface area is 98.9 Å². The van der Waals surface area contributed by atoms with E-state index in [0.717, 1.165) is 0 Å². The summed E-state index contributed by atoms with van der Waals surface area (Å²) in [5, 5.41) is 12.1. The minimum absolute atomic E-state index is 0.0495. The van der Waals surface area contributed by atoms with Gasteiger partial charge in [0.1, 0.15) is 22.8 Å². The Bertz CT molecular complexity index is 375. The van der Waals surface area contributed by atoms with Crippen LogP contribution >= 0.6 is 11.6 Å². The summed E-state index contributed by atoms with van der Waals surface area (Å²) in [7, 11) is 0. The zero-order valence-electron chi connectivity index (χ0n) is 9.36. The van der Waals surface area contributed by atoms with Crippen LogP contribution in [-0.2, 0) is 4.79 Å². The predicted molar refractivity (Wildman–Crippen MR) is 61.7 cm³/mol. The third-order valence-electron chi connectivity index (χ3n) is 2.04. The van der Waals surface area contributed by atoms with Crippen LogP contribution in [0.2, 0.25) is 5.15 Å². The SMILES string of the molecule is Cc1nc(Cl)cc(N[C@H](C(=O)O)C(C)C)n1. The number of aryl methyl sites for hydroxylation is 1. The molecular formula is C10H14ClN3O2. The molecular weight excluding hydrogens is 230 g/mol. The molecule has 0 spiro atoms. The maximum absolute atomic E-state index is 11.0. The van der Waals surface area contributed by atoms with E-state index in [1.165, 1.54) is 6.07 Å². The Morgan fingerprint density at radius 1 is 1.50 bits per heavy atom. The molecule has 1 aromatic rings. The molecule has 6 heteroatoms. The fourth-order valence-electron chi connectivity index (χ4n) is 1.28. The van der Waals surface area contributed by atoms with Crippen molar-refractivity contribution in [2.75, 3.05) is 5.32 Å². The summed E-state index contributed by atoms with van der Waals surface area (Å²) < 4.78 is 0. The van der Waals surface area contributed by atoms with Crippen LogP contribution in [-0.4, -0.2) is 27.1 Å². The monoisotopic (exact) mass is 243 g/mol. The number of halogens is 1. The van der Waals surface area contributed by atoms with Gasteiger partial charge in [-0.25, -0.2) is 14.8 Å². The number of aliphatic carboxylic acids is 1. The number of hydrogen-bond acceptors (Lipinski definition) is 4. The van der Waals surface area contributed by atoms with Crippen molar-refractivity contribution >= 4 is 23.4 Å². The van der Waals surface area contributed by atoms with Crippen molar-refractivity contribution in [2.24, 2.45) is 5.92 Å². The van der Waals surface area contributed by atoms with Crippen LogP contribution in [0.25, 0.3) is 0 Å². The Balaban J connectivity index is 2.89. The number of carboxylic acid groups (broad SMARTS) is 1. The summed E-state index contributed by atoms with van der Waals surface area (Å²) in [5.74, 6) is -0.0320. The maximum atomic E-state index is 11.0. The van der Waals surface area contributed by atoms with Gasteiger partial charge in [-0.3, -0.25) is 0 Å². The molecule has 0 aromatic carbocycles. The lowest BCUT2D eigenvalue weighted by molar-refractivity contribution is -0.138. The first-order chi connectivity index (χ1) is 7.40. The van der Waals surface area contributed by atoms with Gasteiger partial charge < -0.3 is 10.4 Å². The molecule has 0 fully saturated rings. The lowest BCUT2D eigenvalue weighted by Gasteiger charge is -2.18. The van der Waals surface area contributed by atoms with Crippen LogP contribution in [0.3, 0.4) is 0 Å². The van der Waals surface area contributed by atoms with Gasteiger partial charge in [-0.1, -0.05) is 25.4 Å². The number of anilines is 1. The van der Waals surface area contributed by atoms with Crippen LogP contribution in [0.1, 0.15) is 19.7 Å². The minimum Gasteiger partial charge on any atom is -0.480 e. The van der Waals surface area contributed by atoms with Crippen LogP contribution in [0.15, 0.2) is 6.07 Å². The smallest absolute Gasteiger partial charge is 0.326 e. The fourth-order valence-corrected chi connectivity index (χ4v) is 1.50. The van der Waals surface area contributed by atoms with Gasteiger partial charge in [-0.2, -0.15) is 0 Å². The quantitative estimate of drug-likeness (QED) is 0.791. The standard InChI is InChI=1S/C10H14ClN3O2/c1-5(2)9(10(15)16)14-8-4-7(11)12-6(3)13-8/h4-5,9H,1-3H3,(H,15,16)(H,12,13,14)/t9-/m0/s1. The van der Waals surface area contributed by atoms with Gasteiger partial charge in [0.25, 0.3) is 0 Å². The highest BCUT2D eigenvalue weighted by Gasteiger charge is 2.21. The van der Waals surface area contributed by atoms with E-state index >= 15 is 0 Å². The largest absolute Gasteiger partial charge is 0.480 e. The molecule has 0 amide bonds. The lowest BCUT2D eigenvalue weighted by Crippen LogP contribution is -2.34. The molecule has 0 saturated heterocycles. The van der Waals surface area contributed by atoms with Gasteiger partial charge in [0.05, 0.1) is 0 Å². The van der Waals surface area contributed by atoms with Gasteiger partial charge >= 0.3 is 5.97 Å². The molecule has 0 aliphatic heterocycles. The molecule has 1 aromatic heterocycles. The van der Waals surface area contributed by atoms with Crippen molar-refractivity contribution in [1.29, 1.82) is 0 Å². The van der Waals surface area contributed by atoms with E-state index in [4.69, 9.17) is 16.7 Å². The van der Waals surface area contributed by atoms with E-state index in [2.05, 4.69) is 15.3 Å². The van der Waals surface area contributed by atoms with E-state index in [-0.39, 0.29) is 5.92 Å². The number of carbonyl (C=O) groups is 1. The summed E-state index contributed by atoms with van der Waals surface area (Å²) in [5.41, 5.74) is 0. The van der Waals surface area contributed by atoms with Gasteiger partial charge in [-0.05, 0) is 12.8 Å². The molecule has 2 N–H and O–H groups in total. The zero-order chi connectivity index (χ0) is 12.3. The average Bonchev–Trinajstić information content (AvgIpc) is 2.11. The van der Waals surface area contributed by atoms with Crippen LogP contribution < -0.4 is 5.32 Å². The summed E-state index contributed by atoms with van der Waals surface area (Å²) in [6.07, 6.45) is 0. The number of hydrogen-bond donors (Lipinski definition) is 2. The predicted octanol–water partition coefficient (Wildman–Crippen LogP) is 1.96.